The summed E-state index contributed by atoms with van der Waals surface area (Å²) in [6.45, 7) is 0.179. The lowest BCUT2D eigenvalue weighted by Gasteiger charge is -2.06. The van der Waals surface area contributed by atoms with Crippen molar-refractivity contribution in [3.8, 4) is 0 Å². The van der Waals surface area contributed by atoms with Gasteiger partial charge in [-0.3, -0.25) is 4.79 Å². The minimum Gasteiger partial charge on any atom is -0.461 e. The average Bonchev–Trinajstić information content (AvgIpc) is 2.27. The molecule has 4 nitrogen and oxygen atoms in total. The molecule has 0 heterocycles. The third kappa shape index (κ3) is 4.58. The van der Waals surface area contributed by atoms with Crippen LogP contribution in [0, 0.1) is 0 Å². The van der Waals surface area contributed by atoms with E-state index in [1.54, 1.807) is 0 Å². The van der Waals surface area contributed by atoms with Crippen LogP contribution in [0.5, 0.6) is 0 Å². The van der Waals surface area contributed by atoms with Crippen molar-refractivity contribution < 1.29 is 20.4 Å². The number of rotatable bonds is 5. The fraction of sp³-hybridized carbons (Fsp3) is 0.364. The van der Waals surface area contributed by atoms with Crippen molar-refractivity contribution in [3.63, 3.8) is 0 Å². The van der Waals surface area contributed by atoms with Crippen molar-refractivity contribution in [2.24, 2.45) is 0 Å². The number of benzene rings is 1. The Bertz CT molecular complexity index is 300. The number of aliphatic hydroxyl groups is 1. The first-order chi connectivity index (χ1) is 7.22. The van der Waals surface area contributed by atoms with E-state index in [0.717, 1.165) is 5.56 Å². The second kappa shape index (κ2) is 6.16. The number of hydrogen-bond donors (Lipinski definition) is 2. The number of esters is 1. The molecule has 4 N–H and O–H groups in total. The summed E-state index contributed by atoms with van der Waals surface area (Å²) in [6, 6.07) is 9.18. The highest BCUT2D eigenvalue weighted by atomic mass is 16.5. The Balaban J connectivity index is 2.29. The van der Waals surface area contributed by atoms with Gasteiger partial charge in [0.25, 0.3) is 0 Å². The van der Waals surface area contributed by atoms with Crippen LogP contribution in [-0.4, -0.2) is 23.7 Å². The second-order valence-electron chi connectivity index (χ2n) is 3.40. The van der Waals surface area contributed by atoms with Crippen LogP contribution in [0.4, 0.5) is 0 Å². The monoisotopic (exact) mass is 210 g/mol. The average molecular weight is 210 g/mol. The molecule has 1 aromatic carbocycles. The Morgan fingerprint density at radius 3 is 2.67 bits per heavy atom. The van der Waals surface area contributed by atoms with E-state index < -0.39 is 0 Å². The maximum absolute atomic E-state index is 11.2. The van der Waals surface area contributed by atoms with Crippen molar-refractivity contribution in [1.82, 2.24) is 0 Å². The summed E-state index contributed by atoms with van der Waals surface area (Å²) in [6.07, 6.45) is 0.156. The molecular formula is C11H16NO3+. The maximum Gasteiger partial charge on any atom is 0.312 e. The van der Waals surface area contributed by atoms with Gasteiger partial charge in [-0.1, -0.05) is 30.3 Å². The molecule has 15 heavy (non-hydrogen) atoms. The molecular weight excluding hydrogens is 194 g/mol. The largest absolute Gasteiger partial charge is 0.461 e. The number of ether oxygens (including phenoxy) is 1. The summed E-state index contributed by atoms with van der Waals surface area (Å²) in [7, 11) is 0. The molecule has 0 aliphatic rings. The standard InChI is InChI=1S/C11H15NO3/c12-10(7-13)6-11(14)15-8-9-4-2-1-3-5-9/h1-5,10,13H,6-8,12H2/p+1/t10-/m1/s1. The summed E-state index contributed by atoms with van der Waals surface area (Å²) in [5.74, 6) is -0.326. The molecule has 1 aromatic rings. The molecule has 4 heteroatoms. The molecule has 82 valence electrons. The van der Waals surface area contributed by atoms with Gasteiger partial charge >= 0.3 is 5.97 Å². The van der Waals surface area contributed by atoms with Gasteiger partial charge in [-0.2, -0.15) is 0 Å². The zero-order chi connectivity index (χ0) is 11.1. The molecule has 0 saturated carbocycles. The third-order valence-corrected chi connectivity index (χ3v) is 1.96. The van der Waals surface area contributed by atoms with Gasteiger partial charge in [0.05, 0.1) is 13.0 Å². The Morgan fingerprint density at radius 1 is 1.40 bits per heavy atom. The quantitative estimate of drug-likeness (QED) is 0.656. The SMILES string of the molecule is [NH3+][C@@H](CO)CC(=O)OCc1ccccc1. The molecule has 0 bridgehead atoms. The van der Waals surface area contributed by atoms with Crippen molar-refractivity contribution in [2.75, 3.05) is 6.61 Å². The third-order valence-electron chi connectivity index (χ3n) is 1.96. The predicted molar refractivity (Wildman–Crippen MR) is 54.6 cm³/mol. The highest BCUT2D eigenvalue weighted by Gasteiger charge is 2.12. The van der Waals surface area contributed by atoms with Gasteiger partial charge < -0.3 is 15.6 Å². The van der Waals surface area contributed by atoms with Gasteiger partial charge in [0.2, 0.25) is 0 Å². The molecule has 0 amide bonds. The van der Waals surface area contributed by atoms with E-state index in [0.29, 0.717) is 0 Å². The fourth-order valence-corrected chi connectivity index (χ4v) is 1.10. The van der Waals surface area contributed by atoms with Crippen LogP contribution in [0.2, 0.25) is 0 Å². The van der Waals surface area contributed by atoms with Gasteiger partial charge in [0.15, 0.2) is 0 Å². The highest BCUT2D eigenvalue weighted by Crippen LogP contribution is 2.01. The molecule has 1 rings (SSSR count). The minimum atomic E-state index is -0.326. The van der Waals surface area contributed by atoms with E-state index in [1.165, 1.54) is 0 Å². The van der Waals surface area contributed by atoms with Gasteiger partial charge in [-0.25, -0.2) is 0 Å². The normalized spacial score (nSPS) is 12.1. The van der Waals surface area contributed by atoms with Gasteiger partial charge in [-0.05, 0) is 5.56 Å². The lowest BCUT2D eigenvalue weighted by atomic mass is 10.2. The molecule has 0 spiro atoms. The van der Waals surface area contributed by atoms with E-state index in [-0.39, 0.29) is 31.6 Å². The smallest absolute Gasteiger partial charge is 0.312 e. The van der Waals surface area contributed by atoms with E-state index in [2.05, 4.69) is 5.73 Å². The van der Waals surface area contributed by atoms with Crippen LogP contribution >= 0.6 is 0 Å². The van der Waals surface area contributed by atoms with Crippen LogP contribution in [0.3, 0.4) is 0 Å². The van der Waals surface area contributed by atoms with Crippen molar-refractivity contribution in [1.29, 1.82) is 0 Å². The van der Waals surface area contributed by atoms with E-state index in [4.69, 9.17) is 9.84 Å². The van der Waals surface area contributed by atoms with Gasteiger partial charge in [0.1, 0.15) is 12.6 Å². The summed E-state index contributed by atoms with van der Waals surface area (Å²) >= 11 is 0. The summed E-state index contributed by atoms with van der Waals surface area (Å²) < 4.78 is 5.01. The summed E-state index contributed by atoms with van der Waals surface area (Å²) in [4.78, 5) is 11.2. The van der Waals surface area contributed by atoms with Crippen LogP contribution in [0.25, 0.3) is 0 Å². The van der Waals surface area contributed by atoms with E-state index >= 15 is 0 Å². The van der Waals surface area contributed by atoms with E-state index in [1.807, 2.05) is 30.3 Å². The Kier molecular flexibility index (Phi) is 4.80. The number of carbonyl (C=O) groups is 1. The maximum atomic E-state index is 11.2. The Morgan fingerprint density at radius 2 is 2.07 bits per heavy atom. The van der Waals surface area contributed by atoms with Gasteiger partial charge in [-0.15, -0.1) is 0 Å². The van der Waals surface area contributed by atoms with Crippen molar-refractivity contribution in [3.05, 3.63) is 35.9 Å². The van der Waals surface area contributed by atoms with Crippen LogP contribution in [0.1, 0.15) is 12.0 Å². The zero-order valence-electron chi connectivity index (χ0n) is 8.56. The number of quaternary nitrogens is 1. The molecule has 0 radical (unpaired) electrons. The molecule has 1 atom stereocenters. The predicted octanol–water partition coefficient (Wildman–Crippen LogP) is -0.277. The lowest BCUT2D eigenvalue weighted by molar-refractivity contribution is -0.424. The first kappa shape index (κ1) is 11.7. The second-order valence-corrected chi connectivity index (χ2v) is 3.40. The first-order valence-corrected chi connectivity index (χ1v) is 4.86. The topological polar surface area (TPSA) is 74.2 Å². The number of carbonyl (C=O) groups excluding carboxylic acids is 1. The van der Waals surface area contributed by atoms with E-state index in [9.17, 15) is 4.79 Å². The van der Waals surface area contributed by atoms with Crippen LogP contribution in [-0.2, 0) is 16.1 Å². The van der Waals surface area contributed by atoms with Gasteiger partial charge in [0, 0.05) is 0 Å². The van der Waals surface area contributed by atoms with Crippen molar-refractivity contribution in [2.45, 2.75) is 19.1 Å². The number of aliphatic hydroxyl groups excluding tert-OH is 1. The summed E-state index contributed by atoms with van der Waals surface area (Å²) in [5.41, 5.74) is 4.55. The zero-order valence-corrected chi connectivity index (χ0v) is 8.56. The van der Waals surface area contributed by atoms with Crippen LogP contribution < -0.4 is 5.73 Å². The fourth-order valence-electron chi connectivity index (χ4n) is 1.10. The lowest BCUT2D eigenvalue weighted by Crippen LogP contribution is -2.63. The molecule has 0 unspecified atom stereocenters. The van der Waals surface area contributed by atoms with Crippen LogP contribution in [0.15, 0.2) is 30.3 Å². The highest BCUT2D eigenvalue weighted by molar-refractivity contribution is 5.69. The molecule has 0 aromatic heterocycles. The Labute approximate surface area is 88.7 Å². The molecule has 0 fully saturated rings. The molecule has 0 aliphatic carbocycles. The molecule has 0 saturated heterocycles. The minimum absolute atomic E-state index is 0.0968. The Hall–Kier alpha value is -1.39. The first-order valence-electron chi connectivity index (χ1n) is 4.86. The summed E-state index contributed by atoms with van der Waals surface area (Å²) in [5, 5.41) is 8.70. The number of hydrogen-bond acceptors (Lipinski definition) is 3. The molecule has 0 aliphatic heterocycles. The van der Waals surface area contributed by atoms with Crippen molar-refractivity contribution >= 4 is 5.97 Å².